The standard InChI is InChI=1S/C22H27NO4/c1-18-7-9-20(10-8-18)27-17-22(24)23-13-11-21(12-14-23)26-16-15-25-19-5-3-2-4-6-19/h2-10,21H,11-17H2,1H3. The number of amides is 1. The molecule has 144 valence electrons. The van der Waals surface area contributed by atoms with Crippen molar-refractivity contribution in [3.8, 4) is 11.5 Å². The van der Waals surface area contributed by atoms with Crippen LogP contribution in [0.2, 0.25) is 0 Å². The van der Waals surface area contributed by atoms with Crippen LogP contribution < -0.4 is 9.47 Å². The molecule has 1 aliphatic heterocycles. The normalized spacial score (nSPS) is 14.8. The summed E-state index contributed by atoms with van der Waals surface area (Å²) in [7, 11) is 0. The smallest absolute Gasteiger partial charge is 0.260 e. The molecule has 1 aliphatic rings. The molecule has 0 aromatic heterocycles. The number of para-hydroxylation sites is 1. The summed E-state index contributed by atoms with van der Waals surface area (Å²) in [5, 5.41) is 0. The van der Waals surface area contributed by atoms with Gasteiger partial charge in [0.2, 0.25) is 0 Å². The fourth-order valence-electron chi connectivity index (χ4n) is 3.03. The first-order valence-electron chi connectivity index (χ1n) is 9.47. The summed E-state index contributed by atoms with van der Waals surface area (Å²) < 4.78 is 17.1. The summed E-state index contributed by atoms with van der Waals surface area (Å²) in [4.78, 5) is 14.2. The number of carbonyl (C=O) groups excluding carboxylic acids is 1. The van der Waals surface area contributed by atoms with Gasteiger partial charge < -0.3 is 19.1 Å². The van der Waals surface area contributed by atoms with E-state index in [0.29, 0.717) is 26.3 Å². The van der Waals surface area contributed by atoms with Crippen LogP contribution in [-0.4, -0.2) is 49.8 Å². The first-order chi connectivity index (χ1) is 13.2. The number of likely N-dealkylation sites (tertiary alicyclic amines) is 1. The fourth-order valence-corrected chi connectivity index (χ4v) is 3.03. The fraction of sp³-hybridized carbons (Fsp3) is 0.409. The minimum atomic E-state index is 0.0291. The molecule has 5 heteroatoms. The summed E-state index contributed by atoms with van der Waals surface area (Å²) in [6, 6.07) is 17.5. The van der Waals surface area contributed by atoms with Gasteiger partial charge in [0, 0.05) is 13.1 Å². The first-order valence-corrected chi connectivity index (χ1v) is 9.47. The monoisotopic (exact) mass is 369 g/mol. The number of hydrogen-bond donors (Lipinski definition) is 0. The number of aryl methyl sites for hydroxylation is 1. The third-order valence-corrected chi connectivity index (χ3v) is 4.63. The van der Waals surface area contributed by atoms with Gasteiger partial charge in [-0.15, -0.1) is 0 Å². The molecule has 1 amide bonds. The zero-order chi connectivity index (χ0) is 18.9. The Morgan fingerprint density at radius 3 is 2.30 bits per heavy atom. The zero-order valence-electron chi connectivity index (χ0n) is 15.8. The molecule has 1 heterocycles. The van der Waals surface area contributed by atoms with E-state index in [9.17, 15) is 4.79 Å². The van der Waals surface area contributed by atoms with Crippen LogP contribution in [0.25, 0.3) is 0 Å². The number of benzene rings is 2. The number of carbonyl (C=O) groups is 1. The molecule has 0 saturated carbocycles. The van der Waals surface area contributed by atoms with Crippen LogP contribution in [0.3, 0.4) is 0 Å². The molecule has 1 saturated heterocycles. The number of piperidine rings is 1. The Morgan fingerprint density at radius 1 is 0.926 bits per heavy atom. The van der Waals surface area contributed by atoms with Crippen molar-refractivity contribution in [1.82, 2.24) is 4.90 Å². The molecule has 0 aliphatic carbocycles. The Morgan fingerprint density at radius 2 is 1.59 bits per heavy atom. The second-order valence-electron chi connectivity index (χ2n) is 6.71. The predicted octanol–water partition coefficient (Wildman–Crippen LogP) is 3.46. The van der Waals surface area contributed by atoms with Gasteiger partial charge in [-0.3, -0.25) is 4.79 Å². The Kier molecular flexibility index (Phi) is 7.11. The Balaban J connectivity index is 1.30. The van der Waals surface area contributed by atoms with E-state index in [0.717, 1.165) is 24.3 Å². The maximum absolute atomic E-state index is 12.3. The van der Waals surface area contributed by atoms with Gasteiger partial charge in [0.1, 0.15) is 18.1 Å². The van der Waals surface area contributed by atoms with Gasteiger partial charge in [0.25, 0.3) is 5.91 Å². The number of nitrogens with zero attached hydrogens (tertiary/aromatic N) is 1. The zero-order valence-corrected chi connectivity index (χ0v) is 15.8. The molecule has 0 atom stereocenters. The van der Waals surface area contributed by atoms with Crippen molar-refractivity contribution >= 4 is 5.91 Å². The van der Waals surface area contributed by atoms with Gasteiger partial charge in [-0.25, -0.2) is 0 Å². The minimum Gasteiger partial charge on any atom is -0.491 e. The highest BCUT2D eigenvalue weighted by Gasteiger charge is 2.23. The molecule has 0 radical (unpaired) electrons. The molecule has 0 bridgehead atoms. The average Bonchev–Trinajstić information content (AvgIpc) is 2.72. The van der Waals surface area contributed by atoms with Crippen LogP contribution in [0.4, 0.5) is 0 Å². The minimum absolute atomic E-state index is 0.0291. The highest BCUT2D eigenvalue weighted by atomic mass is 16.5. The lowest BCUT2D eigenvalue weighted by Crippen LogP contribution is -2.43. The van der Waals surface area contributed by atoms with Crippen molar-refractivity contribution in [2.45, 2.75) is 25.9 Å². The van der Waals surface area contributed by atoms with E-state index in [4.69, 9.17) is 14.2 Å². The van der Waals surface area contributed by atoms with Crippen molar-refractivity contribution in [2.24, 2.45) is 0 Å². The third kappa shape index (κ3) is 6.29. The van der Waals surface area contributed by atoms with E-state index < -0.39 is 0 Å². The quantitative estimate of drug-likeness (QED) is 0.669. The second-order valence-corrected chi connectivity index (χ2v) is 6.71. The van der Waals surface area contributed by atoms with Crippen molar-refractivity contribution in [3.63, 3.8) is 0 Å². The molecule has 0 unspecified atom stereocenters. The number of rotatable bonds is 8. The van der Waals surface area contributed by atoms with Crippen LogP contribution in [0.15, 0.2) is 54.6 Å². The van der Waals surface area contributed by atoms with Gasteiger partial charge in [0.05, 0.1) is 12.7 Å². The summed E-state index contributed by atoms with van der Waals surface area (Å²) >= 11 is 0. The van der Waals surface area contributed by atoms with Gasteiger partial charge in [-0.05, 0) is 44.0 Å². The molecule has 0 spiro atoms. The largest absolute Gasteiger partial charge is 0.491 e. The van der Waals surface area contributed by atoms with Crippen molar-refractivity contribution in [1.29, 1.82) is 0 Å². The van der Waals surface area contributed by atoms with Gasteiger partial charge in [-0.2, -0.15) is 0 Å². The lowest BCUT2D eigenvalue weighted by Gasteiger charge is -2.31. The van der Waals surface area contributed by atoms with E-state index in [1.165, 1.54) is 5.56 Å². The van der Waals surface area contributed by atoms with Crippen molar-refractivity contribution in [3.05, 3.63) is 60.2 Å². The van der Waals surface area contributed by atoms with Crippen LogP contribution in [0, 0.1) is 6.92 Å². The van der Waals surface area contributed by atoms with Crippen molar-refractivity contribution in [2.75, 3.05) is 32.9 Å². The van der Waals surface area contributed by atoms with Gasteiger partial charge in [0.15, 0.2) is 6.61 Å². The number of hydrogen-bond acceptors (Lipinski definition) is 4. The highest BCUT2D eigenvalue weighted by Crippen LogP contribution is 2.16. The summed E-state index contributed by atoms with van der Waals surface area (Å²) in [6.07, 6.45) is 1.88. The molecular formula is C22H27NO4. The Hall–Kier alpha value is -2.53. The van der Waals surface area contributed by atoms with Crippen LogP contribution in [0.5, 0.6) is 11.5 Å². The van der Waals surface area contributed by atoms with Gasteiger partial charge >= 0.3 is 0 Å². The summed E-state index contributed by atoms with van der Waals surface area (Å²) in [5.41, 5.74) is 1.17. The molecule has 0 N–H and O–H groups in total. The van der Waals surface area contributed by atoms with E-state index in [-0.39, 0.29) is 18.6 Å². The molecule has 2 aromatic carbocycles. The predicted molar refractivity (Wildman–Crippen MR) is 104 cm³/mol. The Labute approximate surface area is 160 Å². The van der Waals surface area contributed by atoms with Crippen LogP contribution in [0.1, 0.15) is 18.4 Å². The van der Waals surface area contributed by atoms with Crippen LogP contribution >= 0.6 is 0 Å². The summed E-state index contributed by atoms with van der Waals surface area (Å²) in [5.74, 6) is 1.61. The topological polar surface area (TPSA) is 48.0 Å². The molecule has 27 heavy (non-hydrogen) atoms. The second kappa shape index (κ2) is 9.97. The third-order valence-electron chi connectivity index (χ3n) is 4.63. The first kappa shape index (κ1) is 19.2. The van der Waals surface area contributed by atoms with E-state index >= 15 is 0 Å². The SMILES string of the molecule is Cc1ccc(OCC(=O)N2CCC(OCCOc3ccccc3)CC2)cc1. The lowest BCUT2D eigenvalue weighted by atomic mass is 10.1. The summed E-state index contributed by atoms with van der Waals surface area (Å²) in [6.45, 7) is 4.62. The highest BCUT2D eigenvalue weighted by molar-refractivity contribution is 5.77. The molecular weight excluding hydrogens is 342 g/mol. The van der Waals surface area contributed by atoms with Crippen LogP contribution in [-0.2, 0) is 9.53 Å². The van der Waals surface area contributed by atoms with E-state index in [1.807, 2.05) is 66.4 Å². The Bertz CT molecular complexity index is 694. The lowest BCUT2D eigenvalue weighted by molar-refractivity contribution is -0.136. The maximum Gasteiger partial charge on any atom is 0.260 e. The van der Waals surface area contributed by atoms with Gasteiger partial charge in [-0.1, -0.05) is 35.9 Å². The molecule has 2 aromatic rings. The average molecular weight is 369 g/mol. The van der Waals surface area contributed by atoms with Crippen molar-refractivity contribution < 1.29 is 19.0 Å². The molecule has 3 rings (SSSR count). The number of ether oxygens (including phenoxy) is 3. The maximum atomic E-state index is 12.3. The van der Waals surface area contributed by atoms with E-state index in [1.54, 1.807) is 0 Å². The van der Waals surface area contributed by atoms with E-state index in [2.05, 4.69) is 0 Å². The molecule has 5 nitrogen and oxygen atoms in total. The molecule has 1 fully saturated rings.